The van der Waals surface area contributed by atoms with E-state index in [4.69, 9.17) is 16.7 Å². The summed E-state index contributed by atoms with van der Waals surface area (Å²) in [6.07, 6.45) is 1.57. The number of hydrogen-bond donors (Lipinski definition) is 3. The molecule has 1 heterocycles. The van der Waals surface area contributed by atoms with Crippen LogP contribution in [0.25, 0.3) is 0 Å². The van der Waals surface area contributed by atoms with E-state index in [0.717, 1.165) is 6.07 Å². The molecule has 0 aliphatic rings. The zero-order chi connectivity index (χ0) is 15.5. The number of aliphatic hydroxyl groups excluding tert-OH is 1. The number of nitrogens with zero attached hydrogens (tertiary/aromatic N) is 2. The Morgan fingerprint density at radius 3 is 2.81 bits per heavy atom. The minimum atomic E-state index is -4.08. The van der Waals surface area contributed by atoms with Gasteiger partial charge in [0.2, 0.25) is 10.0 Å². The molecule has 2 aromatic rings. The first-order chi connectivity index (χ1) is 9.94. The maximum atomic E-state index is 14.0. The molecule has 0 fully saturated rings. The van der Waals surface area contributed by atoms with Gasteiger partial charge in [-0.1, -0.05) is 11.6 Å². The van der Waals surface area contributed by atoms with Crippen molar-refractivity contribution in [2.24, 2.45) is 0 Å². The molecule has 10 heteroatoms. The Morgan fingerprint density at radius 1 is 1.43 bits per heavy atom. The highest BCUT2D eigenvalue weighted by atomic mass is 35.5. The molecule has 1 aromatic heterocycles. The molecule has 21 heavy (non-hydrogen) atoms. The summed E-state index contributed by atoms with van der Waals surface area (Å²) >= 11 is 5.73. The van der Waals surface area contributed by atoms with E-state index in [9.17, 15) is 12.8 Å². The van der Waals surface area contributed by atoms with Gasteiger partial charge < -0.3 is 5.11 Å². The smallest absolute Gasteiger partial charge is 0.243 e. The summed E-state index contributed by atoms with van der Waals surface area (Å²) in [5, 5.41) is 15.2. The van der Waals surface area contributed by atoms with Crippen LogP contribution < -0.4 is 4.72 Å². The fraction of sp³-hybridized carbons (Fsp3) is 0.273. The summed E-state index contributed by atoms with van der Waals surface area (Å²) in [7, 11) is -4.08. The van der Waals surface area contributed by atoms with E-state index < -0.39 is 27.3 Å². The molecule has 0 saturated carbocycles. The Morgan fingerprint density at radius 2 is 2.19 bits per heavy atom. The Balaban J connectivity index is 2.17. The van der Waals surface area contributed by atoms with Gasteiger partial charge in [0.15, 0.2) is 0 Å². The largest absolute Gasteiger partial charge is 0.392 e. The van der Waals surface area contributed by atoms with E-state index in [2.05, 4.69) is 19.9 Å². The van der Waals surface area contributed by atoms with Gasteiger partial charge in [0.1, 0.15) is 22.9 Å². The number of nitrogens with one attached hydrogen (secondary N) is 2. The van der Waals surface area contributed by atoms with Crippen molar-refractivity contribution in [3.8, 4) is 0 Å². The monoisotopic (exact) mass is 334 g/mol. The quantitative estimate of drug-likeness (QED) is 0.717. The Labute approximate surface area is 125 Å². The molecule has 0 aliphatic heterocycles. The number of hydrogen-bond acceptors (Lipinski definition) is 5. The number of aromatic amines is 1. The lowest BCUT2D eigenvalue weighted by Gasteiger charge is -2.10. The van der Waals surface area contributed by atoms with Gasteiger partial charge in [0.05, 0.1) is 6.61 Å². The summed E-state index contributed by atoms with van der Waals surface area (Å²) in [4.78, 5) is 3.24. The SMILES string of the molecule is O=S(=O)(NCCc1ncn[nH]1)c1cc(Cl)cc(CO)c1F. The molecule has 2 rings (SSSR count). The molecule has 0 spiro atoms. The number of sulfonamides is 1. The number of benzene rings is 1. The topological polar surface area (TPSA) is 108 Å². The van der Waals surface area contributed by atoms with Crippen molar-refractivity contribution in [2.45, 2.75) is 17.9 Å². The van der Waals surface area contributed by atoms with E-state index in [0.29, 0.717) is 5.82 Å². The lowest BCUT2D eigenvalue weighted by molar-refractivity contribution is 0.274. The standard InChI is InChI=1S/C11H12ClFN4O3S/c12-8-3-7(5-18)11(13)9(4-8)21(19,20)16-2-1-10-14-6-15-17-10/h3-4,6,16,18H,1-2,5H2,(H,14,15,17). The summed E-state index contributed by atoms with van der Waals surface area (Å²) in [5.41, 5.74) is -0.182. The molecule has 0 saturated heterocycles. The van der Waals surface area contributed by atoms with Crippen molar-refractivity contribution in [3.63, 3.8) is 0 Å². The van der Waals surface area contributed by atoms with Crippen molar-refractivity contribution in [1.29, 1.82) is 0 Å². The van der Waals surface area contributed by atoms with E-state index in [1.165, 1.54) is 12.4 Å². The van der Waals surface area contributed by atoms with Crippen LogP contribution in [0, 0.1) is 5.82 Å². The number of H-pyrrole nitrogens is 1. The van der Waals surface area contributed by atoms with E-state index in [-0.39, 0.29) is 23.6 Å². The van der Waals surface area contributed by atoms with Gasteiger partial charge in [-0.2, -0.15) is 5.10 Å². The van der Waals surface area contributed by atoms with Crippen LogP contribution >= 0.6 is 11.6 Å². The Kier molecular flexibility index (Phi) is 4.88. The maximum Gasteiger partial charge on any atom is 0.243 e. The first kappa shape index (κ1) is 15.8. The third kappa shape index (κ3) is 3.76. The van der Waals surface area contributed by atoms with E-state index in [1.54, 1.807) is 0 Å². The summed E-state index contributed by atoms with van der Waals surface area (Å²) in [6, 6.07) is 2.16. The number of rotatable bonds is 6. The fourth-order valence-electron chi connectivity index (χ4n) is 1.66. The van der Waals surface area contributed by atoms with Crippen LogP contribution in [0.2, 0.25) is 5.02 Å². The highest BCUT2D eigenvalue weighted by Gasteiger charge is 2.22. The van der Waals surface area contributed by atoms with Crippen molar-refractivity contribution in [2.75, 3.05) is 6.54 Å². The first-order valence-corrected chi connectivity index (χ1v) is 7.73. The average Bonchev–Trinajstić information content (AvgIpc) is 2.93. The predicted octanol–water partition coefficient (Wildman–Crippen LogP) is 0.610. The molecular formula is C11H12ClFN4O3S. The molecule has 1 aromatic carbocycles. The first-order valence-electron chi connectivity index (χ1n) is 5.86. The highest BCUT2D eigenvalue weighted by Crippen LogP contribution is 2.23. The number of aromatic nitrogens is 3. The minimum Gasteiger partial charge on any atom is -0.392 e. The summed E-state index contributed by atoms with van der Waals surface area (Å²) in [5.74, 6) is -0.519. The fourth-order valence-corrected chi connectivity index (χ4v) is 3.14. The van der Waals surface area contributed by atoms with Gasteiger partial charge in [-0.25, -0.2) is 22.5 Å². The molecule has 0 unspecified atom stereocenters. The second-order valence-corrected chi connectivity index (χ2v) is 6.29. The Bertz CT molecular complexity index is 721. The van der Waals surface area contributed by atoms with Crippen LogP contribution in [0.1, 0.15) is 11.4 Å². The molecule has 0 amide bonds. The van der Waals surface area contributed by atoms with E-state index in [1.807, 2.05) is 0 Å². The second kappa shape index (κ2) is 6.48. The van der Waals surface area contributed by atoms with Gasteiger partial charge in [0, 0.05) is 23.6 Å². The molecule has 0 bridgehead atoms. The van der Waals surface area contributed by atoms with Crippen molar-refractivity contribution in [1.82, 2.24) is 19.9 Å². The number of halogens is 2. The van der Waals surface area contributed by atoms with Crippen molar-refractivity contribution >= 4 is 21.6 Å². The van der Waals surface area contributed by atoms with Crippen LogP contribution in [0.15, 0.2) is 23.4 Å². The number of aliphatic hydroxyl groups is 1. The molecule has 0 radical (unpaired) electrons. The van der Waals surface area contributed by atoms with Gasteiger partial charge >= 0.3 is 0 Å². The predicted molar refractivity (Wildman–Crippen MR) is 72.6 cm³/mol. The van der Waals surface area contributed by atoms with Gasteiger partial charge in [0.25, 0.3) is 0 Å². The Hall–Kier alpha value is -1.55. The van der Waals surface area contributed by atoms with Crippen LogP contribution in [0.4, 0.5) is 4.39 Å². The molecule has 0 aliphatic carbocycles. The molecule has 114 valence electrons. The zero-order valence-corrected chi connectivity index (χ0v) is 12.2. The molecule has 3 N–H and O–H groups in total. The van der Waals surface area contributed by atoms with Crippen molar-refractivity contribution < 1.29 is 17.9 Å². The second-order valence-electron chi connectivity index (χ2n) is 4.12. The van der Waals surface area contributed by atoms with E-state index >= 15 is 0 Å². The average molecular weight is 335 g/mol. The molecule has 0 atom stereocenters. The van der Waals surface area contributed by atoms with Crippen molar-refractivity contribution in [3.05, 3.63) is 40.7 Å². The lowest BCUT2D eigenvalue weighted by Crippen LogP contribution is -2.27. The third-order valence-corrected chi connectivity index (χ3v) is 4.34. The van der Waals surface area contributed by atoms with Gasteiger partial charge in [-0.05, 0) is 12.1 Å². The summed E-state index contributed by atoms with van der Waals surface area (Å²) < 4.78 is 40.3. The summed E-state index contributed by atoms with van der Waals surface area (Å²) in [6.45, 7) is -0.634. The van der Waals surface area contributed by atoms with Gasteiger partial charge in [-0.3, -0.25) is 5.10 Å². The lowest BCUT2D eigenvalue weighted by atomic mass is 10.2. The molecule has 7 nitrogen and oxygen atoms in total. The highest BCUT2D eigenvalue weighted by molar-refractivity contribution is 7.89. The minimum absolute atomic E-state index is 0.0118. The molecular weight excluding hydrogens is 323 g/mol. The van der Waals surface area contributed by atoms with Crippen LogP contribution in [-0.2, 0) is 23.1 Å². The van der Waals surface area contributed by atoms with Crippen LogP contribution in [0.3, 0.4) is 0 Å². The van der Waals surface area contributed by atoms with Crippen LogP contribution in [-0.4, -0.2) is 35.3 Å². The maximum absolute atomic E-state index is 14.0. The third-order valence-electron chi connectivity index (χ3n) is 2.66. The van der Waals surface area contributed by atoms with Crippen LogP contribution in [0.5, 0.6) is 0 Å². The normalized spacial score (nSPS) is 11.8. The van der Waals surface area contributed by atoms with Gasteiger partial charge in [-0.15, -0.1) is 0 Å². The zero-order valence-electron chi connectivity index (χ0n) is 10.7.